The van der Waals surface area contributed by atoms with Crippen LogP contribution in [0.2, 0.25) is 0 Å². The number of nitrogens with one attached hydrogen (secondary N) is 1. The first-order chi connectivity index (χ1) is 16.8. The molecule has 35 heavy (non-hydrogen) atoms. The number of thiazole rings is 1. The standard InChI is InChI=1S/C23H23FN6O3S2/c1-16(30-9-7-18-19(24)3-2-4-20(18)30)22(31)29-12-10-28(11-13-29)21-6-5-17(15-26-21)35(32,33)27-23-25-8-14-34-23/h2-9,14-16H,10-13H2,1H3,(H,25,27). The van der Waals surface area contributed by atoms with Crippen molar-refractivity contribution in [2.45, 2.75) is 17.9 Å². The van der Waals surface area contributed by atoms with E-state index in [1.54, 1.807) is 39.2 Å². The van der Waals surface area contributed by atoms with Crippen LogP contribution in [0.5, 0.6) is 0 Å². The van der Waals surface area contributed by atoms with Crippen LogP contribution in [0.3, 0.4) is 0 Å². The Labute approximate surface area is 205 Å². The summed E-state index contributed by atoms with van der Waals surface area (Å²) in [6, 6.07) is 9.25. The third-order valence-corrected chi connectivity index (χ3v) is 8.23. The Morgan fingerprint density at radius 1 is 1.11 bits per heavy atom. The molecule has 1 saturated heterocycles. The molecule has 12 heteroatoms. The summed E-state index contributed by atoms with van der Waals surface area (Å²) in [7, 11) is -3.76. The number of carbonyl (C=O) groups excluding carboxylic acids is 1. The van der Waals surface area contributed by atoms with Gasteiger partial charge in [0.05, 0.1) is 5.52 Å². The number of pyridine rings is 1. The SMILES string of the molecule is CC(C(=O)N1CCN(c2ccc(S(=O)(=O)Nc3nccs3)cn2)CC1)n1ccc2c(F)cccc21. The molecule has 3 aromatic heterocycles. The second-order valence-electron chi connectivity index (χ2n) is 8.18. The Kier molecular flexibility index (Phi) is 6.15. The molecule has 1 atom stereocenters. The number of hydrogen-bond donors (Lipinski definition) is 1. The van der Waals surface area contributed by atoms with Crippen molar-refractivity contribution in [3.05, 3.63) is 66.2 Å². The van der Waals surface area contributed by atoms with Crippen LogP contribution in [0, 0.1) is 5.82 Å². The Hall–Kier alpha value is -3.51. The number of amides is 1. The molecule has 1 N–H and O–H groups in total. The zero-order valence-electron chi connectivity index (χ0n) is 18.8. The molecule has 4 aromatic rings. The summed E-state index contributed by atoms with van der Waals surface area (Å²) in [5, 5.41) is 2.47. The van der Waals surface area contributed by atoms with Crippen molar-refractivity contribution in [2.24, 2.45) is 0 Å². The van der Waals surface area contributed by atoms with Crippen molar-refractivity contribution in [1.29, 1.82) is 0 Å². The highest BCUT2D eigenvalue weighted by Gasteiger charge is 2.27. The van der Waals surface area contributed by atoms with Gasteiger partial charge in [0.1, 0.15) is 22.6 Å². The topological polar surface area (TPSA) is 100 Å². The minimum atomic E-state index is -3.76. The van der Waals surface area contributed by atoms with Gasteiger partial charge >= 0.3 is 0 Å². The number of rotatable bonds is 6. The zero-order chi connectivity index (χ0) is 24.6. The maximum atomic E-state index is 14.0. The molecule has 5 rings (SSSR count). The summed E-state index contributed by atoms with van der Waals surface area (Å²) in [6.45, 7) is 3.96. The van der Waals surface area contributed by atoms with Gasteiger partial charge in [0.2, 0.25) is 5.91 Å². The molecular formula is C23H23FN6O3S2. The Morgan fingerprint density at radius 3 is 2.60 bits per heavy atom. The van der Waals surface area contributed by atoms with Crippen LogP contribution in [0.1, 0.15) is 13.0 Å². The third-order valence-electron chi connectivity index (χ3n) is 6.08. The van der Waals surface area contributed by atoms with E-state index in [4.69, 9.17) is 0 Å². The van der Waals surface area contributed by atoms with E-state index in [9.17, 15) is 17.6 Å². The summed E-state index contributed by atoms with van der Waals surface area (Å²) < 4.78 is 43.3. The van der Waals surface area contributed by atoms with Gasteiger partial charge < -0.3 is 14.4 Å². The number of hydrogen-bond acceptors (Lipinski definition) is 7. The average Bonchev–Trinajstić information content (AvgIpc) is 3.54. The van der Waals surface area contributed by atoms with Crippen molar-refractivity contribution in [3.63, 3.8) is 0 Å². The van der Waals surface area contributed by atoms with Gasteiger partial charge in [-0.3, -0.25) is 9.52 Å². The number of anilines is 2. The van der Waals surface area contributed by atoms with E-state index in [2.05, 4.69) is 14.7 Å². The van der Waals surface area contributed by atoms with E-state index in [0.717, 1.165) is 0 Å². The highest BCUT2D eigenvalue weighted by Crippen LogP contribution is 2.25. The van der Waals surface area contributed by atoms with E-state index in [-0.39, 0.29) is 16.6 Å². The van der Waals surface area contributed by atoms with Crippen LogP contribution in [0.4, 0.5) is 15.3 Å². The molecule has 1 unspecified atom stereocenters. The molecule has 0 spiro atoms. The Morgan fingerprint density at radius 2 is 1.91 bits per heavy atom. The van der Waals surface area contributed by atoms with Gasteiger partial charge in [0, 0.05) is 55.5 Å². The number of aromatic nitrogens is 3. The highest BCUT2D eigenvalue weighted by atomic mass is 32.2. The van der Waals surface area contributed by atoms with Crippen LogP contribution >= 0.6 is 11.3 Å². The second-order valence-corrected chi connectivity index (χ2v) is 10.8. The van der Waals surface area contributed by atoms with Gasteiger partial charge in [-0.05, 0) is 37.3 Å². The smallest absolute Gasteiger partial charge is 0.265 e. The minimum Gasteiger partial charge on any atom is -0.353 e. The largest absolute Gasteiger partial charge is 0.353 e. The molecule has 4 heterocycles. The molecule has 182 valence electrons. The van der Waals surface area contributed by atoms with E-state index >= 15 is 0 Å². The first-order valence-corrected chi connectivity index (χ1v) is 13.4. The summed E-state index contributed by atoms with van der Waals surface area (Å²) in [5.41, 5.74) is 0.688. The molecule has 1 aromatic carbocycles. The third kappa shape index (κ3) is 4.58. The first-order valence-electron chi connectivity index (χ1n) is 11.0. The Bertz CT molecular complexity index is 1450. The maximum absolute atomic E-state index is 14.0. The lowest BCUT2D eigenvalue weighted by Gasteiger charge is -2.36. The number of sulfonamides is 1. The number of piperazine rings is 1. The molecule has 0 bridgehead atoms. The van der Waals surface area contributed by atoms with Crippen LogP contribution in [0.15, 0.2) is 65.3 Å². The first kappa shape index (κ1) is 23.2. The van der Waals surface area contributed by atoms with Crippen molar-refractivity contribution in [3.8, 4) is 0 Å². The molecule has 1 fully saturated rings. The van der Waals surface area contributed by atoms with Crippen LogP contribution in [0.25, 0.3) is 10.9 Å². The highest BCUT2D eigenvalue weighted by molar-refractivity contribution is 7.93. The molecule has 0 saturated carbocycles. The lowest BCUT2D eigenvalue weighted by molar-refractivity contribution is -0.134. The summed E-state index contributed by atoms with van der Waals surface area (Å²) in [4.78, 5) is 25.3. The van der Waals surface area contributed by atoms with Crippen molar-refractivity contribution in [2.75, 3.05) is 35.8 Å². The number of halogens is 1. The van der Waals surface area contributed by atoms with Crippen molar-refractivity contribution in [1.82, 2.24) is 19.4 Å². The molecule has 0 aliphatic carbocycles. The summed E-state index contributed by atoms with van der Waals surface area (Å²) in [5.74, 6) is 0.305. The quantitative estimate of drug-likeness (QED) is 0.424. The van der Waals surface area contributed by atoms with Gasteiger partial charge in [-0.25, -0.2) is 22.8 Å². The fraction of sp³-hybridized carbons (Fsp3) is 0.261. The van der Waals surface area contributed by atoms with E-state index < -0.39 is 16.1 Å². The predicted octanol–water partition coefficient (Wildman–Crippen LogP) is 3.34. The van der Waals surface area contributed by atoms with Crippen LogP contribution < -0.4 is 9.62 Å². The molecule has 1 amide bonds. The number of nitrogens with zero attached hydrogens (tertiary/aromatic N) is 5. The Balaban J connectivity index is 1.22. The molecule has 0 radical (unpaired) electrons. The monoisotopic (exact) mass is 514 g/mol. The fourth-order valence-corrected chi connectivity index (χ4v) is 5.93. The summed E-state index contributed by atoms with van der Waals surface area (Å²) in [6.07, 6.45) is 4.59. The van der Waals surface area contributed by atoms with Gasteiger partial charge in [-0.15, -0.1) is 11.3 Å². The van der Waals surface area contributed by atoms with E-state index in [0.29, 0.717) is 48.0 Å². The number of benzene rings is 1. The molecular weight excluding hydrogens is 491 g/mol. The number of carbonyl (C=O) groups is 1. The average molecular weight is 515 g/mol. The maximum Gasteiger partial charge on any atom is 0.265 e. The van der Waals surface area contributed by atoms with Gasteiger partial charge in [0.15, 0.2) is 5.13 Å². The predicted molar refractivity (Wildman–Crippen MR) is 133 cm³/mol. The zero-order valence-corrected chi connectivity index (χ0v) is 20.5. The van der Waals surface area contributed by atoms with Crippen LogP contribution in [-0.2, 0) is 14.8 Å². The van der Waals surface area contributed by atoms with Gasteiger partial charge in [-0.2, -0.15) is 0 Å². The minimum absolute atomic E-state index is 0.0333. The van der Waals surface area contributed by atoms with Crippen LogP contribution in [-0.4, -0.2) is 59.9 Å². The van der Waals surface area contributed by atoms with E-state index in [1.165, 1.54) is 35.9 Å². The molecule has 9 nitrogen and oxygen atoms in total. The van der Waals surface area contributed by atoms with Crippen molar-refractivity contribution < 1.29 is 17.6 Å². The van der Waals surface area contributed by atoms with Gasteiger partial charge in [-0.1, -0.05) is 6.07 Å². The summed E-state index contributed by atoms with van der Waals surface area (Å²) >= 11 is 1.19. The fourth-order valence-electron chi connectivity index (χ4n) is 4.19. The normalized spacial score (nSPS) is 15.4. The van der Waals surface area contributed by atoms with Crippen molar-refractivity contribution >= 4 is 49.1 Å². The molecule has 1 aliphatic rings. The van der Waals surface area contributed by atoms with Gasteiger partial charge in [0.25, 0.3) is 10.0 Å². The molecule has 1 aliphatic heterocycles. The van der Waals surface area contributed by atoms with E-state index in [1.807, 2.05) is 17.9 Å². The lowest BCUT2D eigenvalue weighted by atomic mass is 10.2. The number of fused-ring (bicyclic) bond motifs is 1. The lowest BCUT2D eigenvalue weighted by Crippen LogP contribution is -2.50. The second kappa shape index (κ2) is 9.27.